The Hall–Kier alpha value is -3.01. The van der Waals surface area contributed by atoms with Crippen LogP contribution in [-0.2, 0) is 4.79 Å². The van der Waals surface area contributed by atoms with Crippen LogP contribution in [0.25, 0.3) is 5.76 Å². The van der Waals surface area contributed by atoms with Crippen molar-refractivity contribution in [1.29, 1.82) is 0 Å². The van der Waals surface area contributed by atoms with E-state index in [0.717, 1.165) is 0 Å². The van der Waals surface area contributed by atoms with Gasteiger partial charge in [-0.1, -0.05) is 42.5 Å². The predicted molar refractivity (Wildman–Crippen MR) is 84.5 cm³/mol. The van der Waals surface area contributed by atoms with Crippen LogP contribution in [0.4, 0.5) is 5.69 Å². The van der Waals surface area contributed by atoms with Crippen molar-refractivity contribution in [3.05, 3.63) is 71.3 Å². The van der Waals surface area contributed by atoms with Crippen LogP contribution in [0, 0.1) is 0 Å². The third-order valence-electron chi connectivity index (χ3n) is 3.46. The van der Waals surface area contributed by atoms with Gasteiger partial charge in [-0.3, -0.25) is 9.59 Å². The number of ketones is 2. The van der Waals surface area contributed by atoms with Crippen LogP contribution in [0.1, 0.15) is 22.8 Å². The molecule has 0 radical (unpaired) electrons. The maximum absolute atomic E-state index is 12.7. The number of Topliss-reactive ketones (excluding diaryl/α,β-unsaturated/α-hetero) is 2. The molecule has 0 heterocycles. The lowest BCUT2D eigenvalue weighted by Gasteiger charge is -2.19. The highest BCUT2D eigenvalue weighted by molar-refractivity contribution is 6.59. The molecule has 0 saturated heterocycles. The van der Waals surface area contributed by atoms with Gasteiger partial charge in [-0.2, -0.15) is 0 Å². The number of hydrogen-bond acceptors (Lipinski definition) is 4. The summed E-state index contributed by atoms with van der Waals surface area (Å²) in [5.74, 6) is -0.949. The van der Waals surface area contributed by atoms with E-state index in [9.17, 15) is 14.7 Å². The molecule has 108 valence electrons. The summed E-state index contributed by atoms with van der Waals surface area (Å²) in [6.45, 7) is 1.31. The average molecular weight is 291 g/mol. The normalized spacial score (nSPS) is 15.9. The summed E-state index contributed by atoms with van der Waals surface area (Å²) in [4.78, 5) is 28.8. The van der Waals surface area contributed by atoms with Gasteiger partial charge >= 0.3 is 0 Å². The number of nitrogens with zero attached hydrogens (tertiary/aromatic N) is 1. The fourth-order valence-corrected chi connectivity index (χ4v) is 2.45. The van der Waals surface area contributed by atoms with Crippen LogP contribution in [0.5, 0.6) is 0 Å². The first-order chi connectivity index (χ1) is 10.6. The molecule has 1 N–H and O–H groups in total. The zero-order valence-electron chi connectivity index (χ0n) is 11.9. The molecule has 0 saturated carbocycles. The Labute approximate surface area is 127 Å². The van der Waals surface area contributed by atoms with Gasteiger partial charge in [0.05, 0.1) is 11.3 Å². The molecule has 2 aromatic carbocycles. The fourth-order valence-electron chi connectivity index (χ4n) is 2.45. The first-order valence-electron chi connectivity index (χ1n) is 6.82. The predicted octanol–water partition coefficient (Wildman–Crippen LogP) is 3.51. The minimum atomic E-state index is -0.393. The maximum Gasteiger partial charge on any atom is 0.212 e. The number of rotatable bonds is 2. The number of benzene rings is 2. The molecule has 4 heteroatoms. The van der Waals surface area contributed by atoms with E-state index in [1.807, 2.05) is 6.07 Å². The van der Waals surface area contributed by atoms with Gasteiger partial charge in [-0.25, -0.2) is 4.99 Å². The lowest BCUT2D eigenvalue weighted by molar-refractivity contribution is -0.113. The molecule has 0 aromatic heterocycles. The van der Waals surface area contributed by atoms with Gasteiger partial charge in [-0.05, 0) is 19.1 Å². The SMILES string of the molecule is CC(=O)C1=C(O)c2ccccc2C(=O)C1=Nc1ccccc1. The third-order valence-corrected chi connectivity index (χ3v) is 3.46. The van der Waals surface area contributed by atoms with Crippen molar-refractivity contribution in [2.24, 2.45) is 4.99 Å². The minimum absolute atomic E-state index is 0.0186. The van der Waals surface area contributed by atoms with Gasteiger partial charge in [0.1, 0.15) is 11.5 Å². The van der Waals surface area contributed by atoms with Crippen molar-refractivity contribution in [2.45, 2.75) is 6.92 Å². The smallest absolute Gasteiger partial charge is 0.212 e. The lowest BCUT2D eigenvalue weighted by Crippen LogP contribution is -2.27. The number of aliphatic imine (C=N–C) groups is 1. The van der Waals surface area contributed by atoms with Crippen molar-refractivity contribution in [2.75, 3.05) is 0 Å². The van der Waals surface area contributed by atoms with Gasteiger partial charge in [0, 0.05) is 11.1 Å². The zero-order valence-corrected chi connectivity index (χ0v) is 11.9. The Morgan fingerprint density at radius 2 is 1.55 bits per heavy atom. The van der Waals surface area contributed by atoms with Crippen molar-refractivity contribution in [3.8, 4) is 0 Å². The monoisotopic (exact) mass is 291 g/mol. The Morgan fingerprint density at radius 1 is 0.955 bits per heavy atom. The number of carbonyl (C=O) groups excluding carboxylic acids is 2. The second-order valence-corrected chi connectivity index (χ2v) is 4.95. The molecule has 0 atom stereocenters. The van der Waals surface area contributed by atoms with E-state index in [1.54, 1.807) is 48.5 Å². The zero-order chi connectivity index (χ0) is 15.7. The Balaban J connectivity index is 2.27. The van der Waals surface area contributed by atoms with Crippen LogP contribution < -0.4 is 0 Å². The lowest BCUT2D eigenvalue weighted by atomic mass is 9.86. The van der Waals surface area contributed by atoms with Crippen LogP contribution in [0.15, 0.2) is 65.2 Å². The summed E-state index contributed by atoms with van der Waals surface area (Å²) in [7, 11) is 0. The van der Waals surface area contributed by atoms with Gasteiger partial charge in [0.25, 0.3) is 0 Å². The molecule has 2 aromatic rings. The number of hydrogen-bond donors (Lipinski definition) is 1. The second kappa shape index (κ2) is 5.41. The van der Waals surface area contributed by atoms with Crippen molar-refractivity contribution >= 4 is 28.7 Å². The van der Waals surface area contributed by atoms with Crippen molar-refractivity contribution in [1.82, 2.24) is 0 Å². The topological polar surface area (TPSA) is 66.7 Å². The third kappa shape index (κ3) is 2.24. The van der Waals surface area contributed by atoms with Crippen LogP contribution in [0.2, 0.25) is 0 Å². The molecule has 22 heavy (non-hydrogen) atoms. The highest BCUT2D eigenvalue weighted by Gasteiger charge is 2.33. The largest absolute Gasteiger partial charge is 0.506 e. The molecule has 0 fully saturated rings. The highest BCUT2D eigenvalue weighted by atomic mass is 16.3. The van der Waals surface area contributed by atoms with Gasteiger partial charge < -0.3 is 5.11 Å². The van der Waals surface area contributed by atoms with Crippen molar-refractivity contribution in [3.63, 3.8) is 0 Å². The molecule has 1 aliphatic rings. The van der Waals surface area contributed by atoms with E-state index < -0.39 is 5.78 Å². The van der Waals surface area contributed by atoms with E-state index >= 15 is 0 Å². The summed E-state index contributed by atoms with van der Waals surface area (Å²) in [5, 5.41) is 10.4. The van der Waals surface area contributed by atoms with E-state index in [1.165, 1.54) is 6.92 Å². The molecule has 0 amide bonds. The molecule has 0 unspecified atom stereocenters. The molecular formula is C18H13NO3. The molecule has 0 bridgehead atoms. The average Bonchev–Trinajstić information content (AvgIpc) is 2.53. The van der Waals surface area contributed by atoms with Crippen LogP contribution >= 0.6 is 0 Å². The van der Waals surface area contributed by atoms with E-state index in [2.05, 4.69) is 4.99 Å². The number of fused-ring (bicyclic) bond motifs is 1. The van der Waals surface area contributed by atoms with E-state index in [-0.39, 0.29) is 22.8 Å². The quantitative estimate of drug-likeness (QED) is 0.920. The summed E-state index contributed by atoms with van der Waals surface area (Å²) in [6.07, 6.45) is 0. The number of aliphatic hydroxyl groups excluding tert-OH is 1. The maximum atomic E-state index is 12.7. The van der Waals surface area contributed by atoms with Crippen molar-refractivity contribution < 1.29 is 14.7 Å². The number of para-hydroxylation sites is 1. The number of carbonyl (C=O) groups is 2. The molecule has 0 spiro atoms. The second-order valence-electron chi connectivity index (χ2n) is 4.95. The first-order valence-corrected chi connectivity index (χ1v) is 6.82. The summed E-state index contributed by atoms with van der Waals surface area (Å²) >= 11 is 0. The van der Waals surface area contributed by atoms with Gasteiger partial charge in [-0.15, -0.1) is 0 Å². The highest BCUT2D eigenvalue weighted by Crippen LogP contribution is 2.30. The summed E-state index contributed by atoms with van der Waals surface area (Å²) in [6, 6.07) is 15.5. The molecule has 3 rings (SSSR count). The Kier molecular flexibility index (Phi) is 3.43. The Bertz CT molecular complexity index is 832. The van der Waals surface area contributed by atoms with Gasteiger partial charge in [0.2, 0.25) is 5.78 Å². The van der Waals surface area contributed by atoms with E-state index in [4.69, 9.17) is 0 Å². The standard InChI is InChI=1S/C18H13NO3/c1-11(20)15-16(19-12-7-3-2-4-8-12)18(22)14-10-6-5-9-13(14)17(15)21/h2-10,21H,1H3. The molecular weight excluding hydrogens is 278 g/mol. The summed E-state index contributed by atoms with van der Waals surface area (Å²) < 4.78 is 0. The molecule has 0 aliphatic heterocycles. The number of aliphatic hydroxyl groups is 1. The minimum Gasteiger partial charge on any atom is -0.506 e. The summed E-state index contributed by atoms with van der Waals surface area (Å²) in [5.41, 5.74) is 1.21. The molecule has 4 nitrogen and oxygen atoms in total. The van der Waals surface area contributed by atoms with Crippen LogP contribution in [-0.4, -0.2) is 22.4 Å². The fraction of sp³-hybridized carbons (Fsp3) is 0.0556. The van der Waals surface area contributed by atoms with Gasteiger partial charge in [0.15, 0.2) is 5.78 Å². The first kappa shape index (κ1) is 13.9. The van der Waals surface area contributed by atoms with E-state index in [0.29, 0.717) is 16.8 Å². The Morgan fingerprint density at radius 3 is 2.18 bits per heavy atom. The number of allylic oxidation sites excluding steroid dienone is 1. The molecule has 1 aliphatic carbocycles. The van der Waals surface area contributed by atoms with Crippen LogP contribution in [0.3, 0.4) is 0 Å².